The van der Waals surface area contributed by atoms with Crippen LogP contribution in [0.4, 0.5) is 0 Å². The highest BCUT2D eigenvalue weighted by molar-refractivity contribution is 5.96. The maximum Gasteiger partial charge on any atom is 0.351 e. The smallest absolute Gasteiger partial charge is 0.351 e. The molecule has 10 heteroatoms. The van der Waals surface area contributed by atoms with Crippen LogP contribution in [0.2, 0.25) is 0 Å². The normalized spacial score (nSPS) is 20.9. The number of ether oxygens (including phenoxy) is 2. The van der Waals surface area contributed by atoms with Crippen LogP contribution in [0, 0.1) is 31.6 Å². The van der Waals surface area contributed by atoms with Gasteiger partial charge in [0, 0.05) is 44.2 Å². The van der Waals surface area contributed by atoms with Gasteiger partial charge in [0.05, 0.1) is 30.1 Å². The summed E-state index contributed by atoms with van der Waals surface area (Å²) in [6.07, 6.45) is 4.10. The monoisotopic (exact) mass is 639 g/mol. The molecule has 1 N–H and O–H groups in total. The van der Waals surface area contributed by atoms with Gasteiger partial charge in [-0.25, -0.2) is 4.79 Å². The zero-order valence-electron chi connectivity index (χ0n) is 27.6. The van der Waals surface area contributed by atoms with Gasteiger partial charge in [0.1, 0.15) is 0 Å². The summed E-state index contributed by atoms with van der Waals surface area (Å²) in [6, 6.07) is 19.4. The molecule has 4 atom stereocenters. The molecule has 47 heavy (non-hydrogen) atoms. The van der Waals surface area contributed by atoms with E-state index in [2.05, 4.69) is 32.3 Å². The number of nitrogens with zero attached hydrogens (tertiary/aromatic N) is 4. The zero-order chi connectivity index (χ0) is 32.9. The molecule has 10 nitrogen and oxygen atoms in total. The van der Waals surface area contributed by atoms with E-state index in [0.29, 0.717) is 47.4 Å². The first-order chi connectivity index (χ1) is 22.8. The lowest BCUT2D eigenvalue weighted by Gasteiger charge is -2.26. The summed E-state index contributed by atoms with van der Waals surface area (Å²) in [6.45, 7) is 7.69. The summed E-state index contributed by atoms with van der Waals surface area (Å²) in [5.74, 6) is 0.507. The van der Waals surface area contributed by atoms with E-state index in [9.17, 15) is 14.4 Å². The summed E-state index contributed by atoms with van der Waals surface area (Å²) in [5.41, 5.74) is 3.28. The van der Waals surface area contributed by atoms with Crippen LogP contribution < -0.4 is 10.1 Å². The van der Waals surface area contributed by atoms with E-state index in [1.54, 1.807) is 26.0 Å². The number of amides is 2. The Morgan fingerprint density at radius 1 is 0.851 bits per heavy atom. The number of benzene rings is 2. The molecular formula is C37H45N5O5. The topological polar surface area (TPSA) is 114 Å². The molecule has 3 aliphatic rings. The SMILES string of the molecule is COC(=O)C(Oc1nc(C)c(C(=O)N2CC3CN(CC[C@H](NC(=O)C4CCCC4)c4ccccc4)CC3C2)c(C)n1)c1ccccc1. The molecule has 2 aromatic carbocycles. The van der Waals surface area contributed by atoms with Crippen molar-refractivity contribution in [3.8, 4) is 6.01 Å². The molecule has 1 aliphatic carbocycles. The molecule has 0 spiro atoms. The molecule has 3 unspecified atom stereocenters. The number of nitrogens with one attached hydrogen (secondary N) is 1. The molecule has 248 valence electrons. The summed E-state index contributed by atoms with van der Waals surface area (Å²) in [4.78, 5) is 52.7. The summed E-state index contributed by atoms with van der Waals surface area (Å²) in [7, 11) is 1.31. The molecule has 3 heterocycles. The number of hydrogen-bond acceptors (Lipinski definition) is 8. The lowest BCUT2D eigenvalue weighted by molar-refractivity contribution is -0.149. The van der Waals surface area contributed by atoms with E-state index in [1.165, 1.54) is 7.11 Å². The van der Waals surface area contributed by atoms with Crippen LogP contribution in [0.1, 0.15) is 77.1 Å². The van der Waals surface area contributed by atoms with E-state index in [1.807, 2.05) is 41.3 Å². The van der Waals surface area contributed by atoms with Gasteiger partial charge in [0.25, 0.3) is 5.91 Å². The van der Waals surface area contributed by atoms with Crippen molar-refractivity contribution < 1.29 is 23.9 Å². The van der Waals surface area contributed by atoms with Gasteiger partial charge >= 0.3 is 12.0 Å². The number of carbonyl (C=O) groups excluding carboxylic acids is 3. The van der Waals surface area contributed by atoms with Gasteiger partial charge in [-0.1, -0.05) is 73.5 Å². The lowest BCUT2D eigenvalue weighted by atomic mass is 10.0. The highest BCUT2D eigenvalue weighted by atomic mass is 16.6. The molecule has 1 saturated carbocycles. The molecule has 3 aromatic rings. The molecule has 2 saturated heterocycles. The fourth-order valence-corrected chi connectivity index (χ4v) is 7.53. The van der Waals surface area contributed by atoms with Crippen LogP contribution in [0.3, 0.4) is 0 Å². The minimum Gasteiger partial charge on any atom is -0.466 e. The van der Waals surface area contributed by atoms with Crippen molar-refractivity contribution in [1.29, 1.82) is 0 Å². The molecule has 1 aromatic heterocycles. The molecule has 3 fully saturated rings. The van der Waals surface area contributed by atoms with Gasteiger partial charge < -0.3 is 24.6 Å². The van der Waals surface area contributed by atoms with E-state index in [4.69, 9.17) is 9.47 Å². The number of fused-ring (bicyclic) bond motifs is 1. The quantitative estimate of drug-likeness (QED) is 0.297. The Hall–Kier alpha value is -4.31. The van der Waals surface area contributed by atoms with Crippen LogP contribution >= 0.6 is 0 Å². The summed E-state index contributed by atoms with van der Waals surface area (Å²) >= 11 is 0. The number of rotatable bonds is 11. The number of aryl methyl sites for hydroxylation is 2. The number of aromatic nitrogens is 2. The Morgan fingerprint density at radius 2 is 1.43 bits per heavy atom. The summed E-state index contributed by atoms with van der Waals surface area (Å²) in [5, 5.41) is 3.37. The van der Waals surface area contributed by atoms with Crippen LogP contribution in [-0.4, -0.2) is 77.4 Å². The lowest BCUT2D eigenvalue weighted by Crippen LogP contribution is -2.37. The van der Waals surface area contributed by atoms with Gasteiger partial charge in [0.2, 0.25) is 12.0 Å². The third kappa shape index (κ3) is 7.48. The average molecular weight is 640 g/mol. The van der Waals surface area contributed by atoms with E-state index < -0.39 is 12.1 Å². The van der Waals surface area contributed by atoms with Crippen LogP contribution in [-0.2, 0) is 14.3 Å². The first-order valence-corrected chi connectivity index (χ1v) is 16.8. The number of carbonyl (C=O) groups is 3. The Balaban J connectivity index is 1.05. The van der Waals surface area contributed by atoms with Crippen molar-refractivity contribution >= 4 is 17.8 Å². The maximum absolute atomic E-state index is 13.8. The molecule has 2 aliphatic heterocycles. The first kappa shape index (κ1) is 32.6. The molecule has 2 amide bonds. The largest absolute Gasteiger partial charge is 0.466 e. The van der Waals surface area contributed by atoms with Gasteiger partial charge in [-0.2, -0.15) is 9.97 Å². The second-order valence-electron chi connectivity index (χ2n) is 13.2. The number of likely N-dealkylation sites (tertiary alicyclic amines) is 2. The highest BCUT2D eigenvalue weighted by Crippen LogP contribution is 2.34. The predicted molar refractivity (Wildman–Crippen MR) is 177 cm³/mol. The Kier molecular flexibility index (Phi) is 10.2. The van der Waals surface area contributed by atoms with Gasteiger partial charge in [-0.15, -0.1) is 0 Å². The van der Waals surface area contributed by atoms with Crippen molar-refractivity contribution in [3.05, 3.63) is 88.7 Å². The minimum atomic E-state index is -1.02. The van der Waals surface area contributed by atoms with E-state index in [0.717, 1.165) is 57.3 Å². The minimum absolute atomic E-state index is 0.00342. The Morgan fingerprint density at radius 3 is 2.00 bits per heavy atom. The standard InChI is InChI=1S/C37H45N5O5/c1-24-32(25(2)39-37(38-24)47-33(36(45)46-3)27-14-8-5-9-15-27)35(44)42-22-29-20-41(21-30(29)23-42)19-18-31(26-12-6-4-7-13-26)40-34(43)28-16-10-11-17-28/h4-9,12-15,28-31,33H,10-11,16-23H2,1-3H3,(H,40,43)/t29?,30?,31-,33?/m0/s1. The van der Waals surface area contributed by atoms with Crippen LogP contribution in [0.5, 0.6) is 6.01 Å². The molecular weight excluding hydrogens is 594 g/mol. The van der Waals surface area contributed by atoms with Crippen molar-refractivity contribution in [2.24, 2.45) is 17.8 Å². The highest BCUT2D eigenvalue weighted by Gasteiger charge is 2.42. The van der Waals surface area contributed by atoms with Crippen molar-refractivity contribution in [3.63, 3.8) is 0 Å². The summed E-state index contributed by atoms with van der Waals surface area (Å²) < 4.78 is 10.9. The van der Waals surface area contributed by atoms with E-state index >= 15 is 0 Å². The van der Waals surface area contributed by atoms with Crippen molar-refractivity contribution in [2.45, 2.75) is 58.1 Å². The van der Waals surface area contributed by atoms with E-state index in [-0.39, 0.29) is 29.8 Å². The Bertz CT molecular complexity index is 1520. The first-order valence-electron chi connectivity index (χ1n) is 16.8. The zero-order valence-corrected chi connectivity index (χ0v) is 27.6. The van der Waals surface area contributed by atoms with Crippen LogP contribution in [0.15, 0.2) is 60.7 Å². The number of methoxy groups -OCH3 is 1. The number of hydrogen-bond donors (Lipinski definition) is 1. The fourth-order valence-electron chi connectivity index (χ4n) is 7.53. The third-order valence-corrected chi connectivity index (χ3v) is 10.0. The second kappa shape index (κ2) is 14.6. The molecule has 0 radical (unpaired) electrons. The van der Waals surface area contributed by atoms with Crippen molar-refractivity contribution in [2.75, 3.05) is 39.8 Å². The number of esters is 1. The van der Waals surface area contributed by atoms with Crippen LogP contribution in [0.25, 0.3) is 0 Å². The molecule has 0 bridgehead atoms. The van der Waals surface area contributed by atoms with Gasteiger partial charge in [-0.3, -0.25) is 9.59 Å². The van der Waals surface area contributed by atoms with Gasteiger partial charge in [-0.05, 0) is 50.5 Å². The maximum atomic E-state index is 13.8. The third-order valence-electron chi connectivity index (χ3n) is 10.0. The van der Waals surface area contributed by atoms with Gasteiger partial charge in [0.15, 0.2) is 0 Å². The molecule has 6 rings (SSSR count). The second-order valence-corrected chi connectivity index (χ2v) is 13.2. The average Bonchev–Trinajstić information content (AvgIpc) is 3.84. The van der Waals surface area contributed by atoms with Crippen molar-refractivity contribution in [1.82, 2.24) is 25.1 Å². The fraction of sp³-hybridized carbons (Fsp3) is 0.486. The predicted octanol–water partition coefficient (Wildman–Crippen LogP) is 4.83. The Labute approximate surface area is 276 Å².